The Balaban J connectivity index is 1.21. The van der Waals surface area contributed by atoms with Crippen LogP contribution in [0.2, 0.25) is 0 Å². The number of hydrogen-bond donors (Lipinski definition) is 1. The fourth-order valence-corrected chi connectivity index (χ4v) is 6.16. The van der Waals surface area contributed by atoms with Gasteiger partial charge in [-0.3, -0.25) is 9.69 Å². The highest BCUT2D eigenvalue weighted by atomic mass is 19.1. The summed E-state index contributed by atoms with van der Waals surface area (Å²) in [6.07, 6.45) is 7.02. The Labute approximate surface area is 195 Å². The Morgan fingerprint density at radius 1 is 0.970 bits per heavy atom. The summed E-state index contributed by atoms with van der Waals surface area (Å²) in [6.45, 7) is 4.32. The van der Waals surface area contributed by atoms with Gasteiger partial charge in [0.15, 0.2) is 0 Å². The number of hydrogen-bond acceptors (Lipinski definition) is 4. The van der Waals surface area contributed by atoms with E-state index in [1.54, 1.807) is 12.1 Å². The maximum Gasteiger partial charge on any atom is 0.320 e. The third-order valence-corrected chi connectivity index (χ3v) is 7.88. The predicted octanol–water partition coefficient (Wildman–Crippen LogP) is 2.77. The van der Waals surface area contributed by atoms with Crippen LogP contribution >= 0.6 is 0 Å². The van der Waals surface area contributed by atoms with Crippen LogP contribution in [0.5, 0.6) is 0 Å². The van der Waals surface area contributed by atoms with Crippen molar-refractivity contribution in [2.75, 3.05) is 45.9 Å². The normalized spacial score (nSPS) is 28.2. The first-order chi connectivity index (χ1) is 16.1. The van der Waals surface area contributed by atoms with E-state index in [2.05, 4.69) is 10.2 Å². The van der Waals surface area contributed by atoms with Gasteiger partial charge in [0.1, 0.15) is 12.4 Å². The van der Waals surface area contributed by atoms with Gasteiger partial charge >= 0.3 is 6.03 Å². The molecule has 3 heterocycles. The second kappa shape index (κ2) is 9.97. The molecule has 1 aromatic carbocycles. The second-order valence-electron chi connectivity index (χ2n) is 9.96. The van der Waals surface area contributed by atoms with Crippen LogP contribution in [0.15, 0.2) is 24.3 Å². The molecule has 1 unspecified atom stereocenters. The van der Waals surface area contributed by atoms with Crippen LogP contribution in [0.4, 0.5) is 9.18 Å². The van der Waals surface area contributed by atoms with E-state index in [4.69, 9.17) is 4.74 Å². The van der Waals surface area contributed by atoms with Gasteiger partial charge in [0.05, 0.1) is 12.1 Å². The standard InChI is InChI=1S/C25H35FN4O3/c26-20-8-6-19(7-9-20)24(18-4-2-1-3-5-18)28-12-14-29(15-13-28)25(32)30-11-10-22-21(16-30)27-23(31)17-33-22/h6-9,18,21-22,24H,1-5,10-17H2,(H,27,31)/t21-,22+,24?/m1/s1. The summed E-state index contributed by atoms with van der Waals surface area (Å²) >= 11 is 0. The number of amides is 3. The molecule has 3 amide bonds. The van der Waals surface area contributed by atoms with Crippen molar-refractivity contribution in [2.45, 2.75) is 56.7 Å². The average molecular weight is 459 g/mol. The second-order valence-corrected chi connectivity index (χ2v) is 9.96. The van der Waals surface area contributed by atoms with Crippen LogP contribution < -0.4 is 5.32 Å². The number of nitrogens with one attached hydrogen (secondary N) is 1. The first kappa shape index (κ1) is 22.6. The first-order valence-corrected chi connectivity index (χ1v) is 12.5. The Morgan fingerprint density at radius 3 is 2.42 bits per heavy atom. The zero-order chi connectivity index (χ0) is 22.8. The fraction of sp³-hybridized carbons (Fsp3) is 0.680. The van der Waals surface area contributed by atoms with Gasteiger partial charge in [-0.2, -0.15) is 0 Å². The Hall–Kier alpha value is -2.19. The number of carbonyl (C=O) groups is 2. The van der Waals surface area contributed by atoms with E-state index in [1.807, 2.05) is 21.9 Å². The van der Waals surface area contributed by atoms with E-state index >= 15 is 0 Å². The van der Waals surface area contributed by atoms with E-state index in [1.165, 1.54) is 37.7 Å². The topological polar surface area (TPSA) is 65.1 Å². The van der Waals surface area contributed by atoms with Crippen molar-refractivity contribution in [1.29, 1.82) is 0 Å². The number of ether oxygens (including phenoxy) is 1. The van der Waals surface area contributed by atoms with Crippen molar-refractivity contribution in [1.82, 2.24) is 20.0 Å². The number of halogens is 1. The number of morpholine rings is 1. The third-order valence-electron chi connectivity index (χ3n) is 7.88. The molecule has 0 spiro atoms. The number of rotatable bonds is 3. The Kier molecular flexibility index (Phi) is 6.83. The maximum absolute atomic E-state index is 13.6. The van der Waals surface area contributed by atoms with Gasteiger partial charge in [0.25, 0.3) is 0 Å². The molecule has 3 saturated heterocycles. The number of likely N-dealkylation sites (tertiary alicyclic amines) is 1. The van der Waals surface area contributed by atoms with Crippen LogP contribution in [-0.2, 0) is 9.53 Å². The lowest BCUT2D eigenvalue weighted by atomic mass is 9.80. The molecule has 4 fully saturated rings. The van der Waals surface area contributed by atoms with Crippen molar-refractivity contribution in [3.8, 4) is 0 Å². The molecule has 7 nitrogen and oxygen atoms in total. The van der Waals surface area contributed by atoms with Crippen LogP contribution in [0, 0.1) is 11.7 Å². The lowest BCUT2D eigenvalue weighted by molar-refractivity contribution is -0.139. The van der Waals surface area contributed by atoms with Crippen LogP contribution in [-0.4, -0.2) is 84.7 Å². The van der Waals surface area contributed by atoms with Gasteiger partial charge < -0.3 is 19.9 Å². The van der Waals surface area contributed by atoms with E-state index in [9.17, 15) is 14.0 Å². The Bertz CT molecular complexity index is 837. The van der Waals surface area contributed by atoms with Crippen molar-refractivity contribution < 1.29 is 18.7 Å². The predicted molar refractivity (Wildman–Crippen MR) is 122 cm³/mol. The number of piperidine rings is 1. The van der Waals surface area contributed by atoms with Gasteiger partial charge in [-0.15, -0.1) is 0 Å². The molecule has 8 heteroatoms. The molecule has 180 valence electrons. The average Bonchev–Trinajstić information content (AvgIpc) is 2.85. The van der Waals surface area contributed by atoms with Crippen LogP contribution in [0.1, 0.15) is 50.1 Å². The van der Waals surface area contributed by atoms with Gasteiger partial charge in [0, 0.05) is 45.3 Å². The molecule has 0 aromatic heterocycles. The van der Waals surface area contributed by atoms with E-state index in [0.29, 0.717) is 32.1 Å². The van der Waals surface area contributed by atoms with Gasteiger partial charge in [-0.1, -0.05) is 31.4 Å². The molecule has 3 atom stereocenters. The molecule has 3 aliphatic heterocycles. The number of fused-ring (bicyclic) bond motifs is 1. The monoisotopic (exact) mass is 458 g/mol. The van der Waals surface area contributed by atoms with Crippen LogP contribution in [0.3, 0.4) is 0 Å². The van der Waals surface area contributed by atoms with E-state index in [0.717, 1.165) is 19.5 Å². The minimum absolute atomic E-state index is 0.00978. The summed E-state index contributed by atoms with van der Waals surface area (Å²) in [5, 5.41) is 2.98. The molecule has 1 saturated carbocycles. The third kappa shape index (κ3) is 5.01. The smallest absolute Gasteiger partial charge is 0.320 e. The number of benzene rings is 1. The number of urea groups is 1. The van der Waals surface area contributed by atoms with Gasteiger partial charge in [-0.05, 0) is 42.9 Å². The number of carbonyl (C=O) groups excluding carboxylic acids is 2. The molecule has 1 aromatic rings. The highest BCUT2D eigenvalue weighted by Gasteiger charge is 2.39. The molecule has 0 radical (unpaired) electrons. The molecular formula is C25H35FN4O3. The van der Waals surface area contributed by atoms with E-state index < -0.39 is 0 Å². The van der Waals surface area contributed by atoms with Crippen LogP contribution in [0.25, 0.3) is 0 Å². The molecule has 1 aliphatic carbocycles. The van der Waals surface area contributed by atoms with Gasteiger partial charge in [0.2, 0.25) is 5.91 Å². The zero-order valence-corrected chi connectivity index (χ0v) is 19.3. The highest BCUT2D eigenvalue weighted by Crippen LogP contribution is 2.39. The lowest BCUT2D eigenvalue weighted by Crippen LogP contribution is -2.63. The Morgan fingerprint density at radius 2 is 1.70 bits per heavy atom. The summed E-state index contributed by atoms with van der Waals surface area (Å²) in [5.41, 5.74) is 1.19. The highest BCUT2D eigenvalue weighted by molar-refractivity contribution is 5.79. The molecule has 1 N–H and O–H groups in total. The summed E-state index contributed by atoms with van der Waals surface area (Å²) in [5.74, 6) is 0.286. The summed E-state index contributed by atoms with van der Waals surface area (Å²) < 4.78 is 19.2. The van der Waals surface area contributed by atoms with Gasteiger partial charge in [-0.25, -0.2) is 9.18 Å². The van der Waals surface area contributed by atoms with Crippen molar-refractivity contribution in [3.05, 3.63) is 35.6 Å². The maximum atomic E-state index is 13.6. The largest absolute Gasteiger partial charge is 0.366 e. The summed E-state index contributed by atoms with van der Waals surface area (Å²) in [6, 6.07) is 7.26. The first-order valence-electron chi connectivity index (χ1n) is 12.5. The minimum atomic E-state index is -0.195. The van der Waals surface area contributed by atoms with Crippen molar-refractivity contribution in [3.63, 3.8) is 0 Å². The van der Waals surface area contributed by atoms with Crippen molar-refractivity contribution in [2.24, 2.45) is 5.92 Å². The molecule has 0 bridgehead atoms. The number of nitrogens with zero attached hydrogens (tertiary/aromatic N) is 3. The van der Waals surface area contributed by atoms with Crippen molar-refractivity contribution >= 4 is 11.9 Å². The number of piperazine rings is 1. The lowest BCUT2D eigenvalue weighted by Gasteiger charge is -2.46. The molecule has 33 heavy (non-hydrogen) atoms. The molecular weight excluding hydrogens is 423 g/mol. The minimum Gasteiger partial charge on any atom is -0.366 e. The summed E-state index contributed by atoms with van der Waals surface area (Å²) in [4.78, 5) is 31.2. The van der Waals surface area contributed by atoms with E-state index in [-0.39, 0.29) is 42.6 Å². The molecule has 5 rings (SSSR count). The SMILES string of the molecule is O=C1CO[C@H]2CCN(C(=O)N3CCN(C(c4ccc(F)cc4)C4CCCCC4)CC3)C[C@H]2N1. The zero-order valence-electron chi connectivity index (χ0n) is 19.3. The molecule has 4 aliphatic rings. The summed E-state index contributed by atoms with van der Waals surface area (Å²) in [7, 11) is 0. The quantitative estimate of drug-likeness (QED) is 0.757. The fourth-order valence-electron chi connectivity index (χ4n) is 6.16.